The van der Waals surface area contributed by atoms with Crippen molar-refractivity contribution in [1.29, 1.82) is 0 Å². The van der Waals surface area contributed by atoms with Crippen LogP contribution in [0.5, 0.6) is 0 Å². The molecule has 2 aliphatic rings. The quantitative estimate of drug-likeness (QED) is 0.696. The SMILES string of the molecule is CCNC(CC1=CCCCC1)C1=CCCCC1. The third kappa shape index (κ3) is 3.99. The molecule has 0 aromatic heterocycles. The van der Waals surface area contributed by atoms with Gasteiger partial charge in [-0.2, -0.15) is 0 Å². The predicted molar refractivity (Wildman–Crippen MR) is 75.2 cm³/mol. The van der Waals surface area contributed by atoms with Gasteiger partial charge in [-0.25, -0.2) is 0 Å². The average Bonchev–Trinajstić information content (AvgIpc) is 2.40. The van der Waals surface area contributed by atoms with Crippen molar-refractivity contribution in [1.82, 2.24) is 5.32 Å². The molecule has 0 saturated carbocycles. The van der Waals surface area contributed by atoms with E-state index in [0.717, 1.165) is 6.54 Å². The zero-order valence-corrected chi connectivity index (χ0v) is 11.3. The van der Waals surface area contributed by atoms with Gasteiger partial charge in [0.2, 0.25) is 0 Å². The molecule has 0 aromatic rings. The van der Waals surface area contributed by atoms with Gasteiger partial charge in [0.15, 0.2) is 0 Å². The minimum absolute atomic E-state index is 0.629. The molecule has 1 unspecified atom stereocenters. The Morgan fingerprint density at radius 3 is 2.41 bits per heavy atom. The first-order chi connectivity index (χ1) is 8.40. The van der Waals surface area contributed by atoms with Crippen LogP contribution >= 0.6 is 0 Å². The molecule has 0 bridgehead atoms. The van der Waals surface area contributed by atoms with E-state index in [1.54, 1.807) is 11.1 Å². The first-order valence-electron chi connectivity index (χ1n) is 7.50. The normalized spacial score (nSPS) is 22.9. The van der Waals surface area contributed by atoms with Gasteiger partial charge in [-0.05, 0) is 64.3 Å². The largest absolute Gasteiger partial charge is 0.310 e. The third-order valence-electron chi connectivity index (χ3n) is 4.08. The molecule has 1 nitrogen and oxygen atoms in total. The second-order valence-corrected chi connectivity index (χ2v) is 5.45. The van der Waals surface area contributed by atoms with Crippen LogP contribution in [0.2, 0.25) is 0 Å². The molecule has 0 heterocycles. The molecule has 2 rings (SSSR count). The number of rotatable bonds is 5. The lowest BCUT2D eigenvalue weighted by molar-refractivity contribution is 0.525. The fourth-order valence-electron chi connectivity index (χ4n) is 3.11. The van der Waals surface area contributed by atoms with Crippen LogP contribution in [-0.4, -0.2) is 12.6 Å². The van der Waals surface area contributed by atoms with Gasteiger partial charge in [0.05, 0.1) is 0 Å². The average molecular weight is 233 g/mol. The van der Waals surface area contributed by atoms with Crippen molar-refractivity contribution in [3.63, 3.8) is 0 Å². The van der Waals surface area contributed by atoms with Crippen molar-refractivity contribution in [3.05, 3.63) is 23.3 Å². The Bertz CT molecular complexity index is 288. The maximum absolute atomic E-state index is 3.69. The predicted octanol–water partition coefficient (Wildman–Crippen LogP) is 4.36. The van der Waals surface area contributed by atoms with Crippen molar-refractivity contribution in [2.45, 2.75) is 70.8 Å². The number of allylic oxidation sites excluding steroid dienone is 2. The minimum Gasteiger partial charge on any atom is -0.310 e. The molecule has 0 aromatic carbocycles. The number of nitrogens with one attached hydrogen (secondary N) is 1. The van der Waals surface area contributed by atoms with Crippen molar-refractivity contribution in [2.75, 3.05) is 6.54 Å². The van der Waals surface area contributed by atoms with E-state index in [1.807, 2.05) is 0 Å². The second-order valence-electron chi connectivity index (χ2n) is 5.45. The number of hydrogen-bond donors (Lipinski definition) is 1. The highest BCUT2D eigenvalue weighted by molar-refractivity contribution is 5.18. The van der Waals surface area contributed by atoms with E-state index in [2.05, 4.69) is 24.4 Å². The highest BCUT2D eigenvalue weighted by Crippen LogP contribution is 2.27. The van der Waals surface area contributed by atoms with Gasteiger partial charge < -0.3 is 5.32 Å². The van der Waals surface area contributed by atoms with E-state index in [-0.39, 0.29) is 0 Å². The Morgan fingerprint density at radius 2 is 1.82 bits per heavy atom. The molecule has 96 valence electrons. The van der Waals surface area contributed by atoms with Crippen molar-refractivity contribution in [3.8, 4) is 0 Å². The Hall–Kier alpha value is -0.560. The molecule has 2 aliphatic carbocycles. The molecule has 1 atom stereocenters. The monoisotopic (exact) mass is 233 g/mol. The molecule has 0 fully saturated rings. The van der Waals surface area contributed by atoms with Gasteiger partial charge in [0.1, 0.15) is 0 Å². The Labute approximate surface area is 106 Å². The first-order valence-corrected chi connectivity index (χ1v) is 7.50. The van der Waals surface area contributed by atoms with Gasteiger partial charge >= 0.3 is 0 Å². The second kappa shape index (κ2) is 7.00. The Morgan fingerprint density at radius 1 is 1.06 bits per heavy atom. The van der Waals surface area contributed by atoms with Crippen molar-refractivity contribution < 1.29 is 0 Å². The highest BCUT2D eigenvalue weighted by Gasteiger charge is 2.17. The van der Waals surface area contributed by atoms with Crippen LogP contribution in [0.25, 0.3) is 0 Å². The molecule has 0 spiro atoms. The molecule has 1 N–H and O–H groups in total. The van der Waals surface area contributed by atoms with E-state index >= 15 is 0 Å². The lowest BCUT2D eigenvalue weighted by atomic mass is 9.87. The van der Waals surface area contributed by atoms with Crippen LogP contribution in [0.1, 0.15) is 64.7 Å². The van der Waals surface area contributed by atoms with E-state index < -0.39 is 0 Å². The van der Waals surface area contributed by atoms with Gasteiger partial charge in [0.25, 0.3) is 0 Å². The first kappa shape index (κ1) is 12.9. The maximum Gasteiger partial charge on any atom is 0.0316 e. The standard InChI is InChI=1S/C16H27N/c1-2-17-16(15-11-7-4-8-12-15)13-14-9-5-3-6-10-14/h9,11,16-17H,2-8,10,12-13H2,1H3. The fraction of sp³-hybridized carbons (Fsp3) is 0.750. The zero-order valence-electron chi connectivity index (χ0n) is 11.3. The molecule has 0 aliphatic heterocycles. The lowest BCUT2D eigenvalue weighted by Crippen LogP contribution is -2.32. The number of likely N-dealkylation sites (N-methyl/N-ethyl adjacent to an activating group) is 1. The van der Waals surface area contributed by atoms with Gasteiger partial charge in [-0.3, -0.25) is 0 Å². The van der Waals surface area contributed by atoms with Crippen LogP contribution < -0.4 is 5.32 Å². The van der Waals surface area contributed by atoms with E-state index in [1.165, 1.54) is 57.8 Å². The molecule has 0 saturated heterocycles. The summed E-state index contributed by atoms with van der Waals surface area (Å²) in [6.45, 7) is 3.32. The van der Waals surface area contributed by atoms with Crippen LogP contribution in [0.3, 0.4) is 0 Å². The molecule has 0 radical (unpaired) electrons. The van der Waals surface area contributed by atoms with Crippen molar-refractivity contribution >= 4 is 0 Å². The van der Waals surface area contributed by atoms with Gasteiger partial charge in [0, 0.05) is 6.04 Å². The summed E-state index contributed by atoms with van der Waals surface area (Å²) >= 11 is 0. The Kier molecular flexibility index (Phi) is 5.31. The molecule has 0 amide bonds. The van der Waals surface area contributed by atoms with Crippen LogP contribution in [0.15, 0.2) is 23.3 Å². The molecule has 17 heavy (non-hydrogen) atoms. The summed E-state index contributed by atoms with van der Waals surface area (Å²) in [7, 11) is 0. The van der Waals surface area contributed by atoms with Crippen LogP contribution in [0.4, 0.5) is 0 Å². The van der Waals surface area contributed by atoms with Crippen LogP contribution in [0, 0.1) is 0 Å². The lowest BCUT2D eigenvalue weighted by Gasteiger charge is -2.26. The summed E-state index contributed by atoms with van der Waals surface area (Å²) in [5.74, 6) is 0. The fourth-order valence-corrected chi connectivity index (χ4v) is 3.11. The molecular weight excluding hydrogens is 206 g/mol. The highest BCUT2D eigenvalue weighted by atomic mass is 14.9. The van der Waals surface area contributed by atoms with E-state index in [4.69, 9.17) is 0 Å². The summed E-state index contributed by atoms with van der Waals surface area (Å²) < 4.78 is 0. The molecular formula is C16H27N. The van der Waals surface area contributed by atoms with E-state index in [9.17, 15) is 0 Å². The van der Waals surface area contributed by atoms with Crippen molar-refractivity contribution in [2.24, 2.45) is 0 Å². The maximum atomic E-state index is 3.69. The summed E-state index contributed by atoms with van der Waals surface area (Å²) in [6.07, 6.45) is 17.1. The Balaban J connectivity index is 1.95. The van der Waals surface area contributed by atoms with Gasteiger partial charge in [-0.1, -0.05) is 30.2 Å². The van der Waals surface area contributed by atoms with Crippen LogP contribution in [-0.2, 0) is 0 Å². The topological polar surface area (TPSA) is 12.0 Å². The molecule has 1 heteroatoms. The summed E-state index contributed by atoms with van der Waals surface area (Å²) in [4.78, 5) is 0. The summed E-state index contributed by atoms with van der Waals surface area (Å²) in [6, 6.07) is 0.629. The smallest absolute Gasteiger partial charge is 0.0316 e. The third-order valence-corrected chi connectivity index (χ3v) is 4.08. The van der Waals surface area contributed by atoms with E-state index in [0.29, 0.717) is 6.04 Å². The number of hydrogen-bond acceptors (Lipinski definition) is 1. The summed E-state index contributed by atoms with van der Waals surface area (Å²) in [5, 5.41) is 3.69. The zero-order chi connectivity index (χ0) is 11.9. The van der Waals surface area contributed by atoms with Gasteiger partial charge in [-0.15, -0.1) is 0 Å². The minimum atomic E-state index is 0.629. The summed E-state index contributed by atoms with van der Waals surface area (Å²) in [5.41, 5.74) is 3.39.